The first-order valence-electron chi connectivity index (χ1n) is 8.43. The van der Waals surface area contributed by atoms with E-state index in [0.29, 0.717) is 31.3 Å². The second-order valence-electron chi connectivity index (χ2n) is 6.08. The third kappa shape index (κ3) is 5.10. The zero-order valence-electron chi connectivity index (χ0n) is 14.8. The smallest absolute Gasteiger partial charge is 0.227 e. The van der Waals surface area contributed by atoms with Crippen molar-refractivity contribution in [2.45, 2.75) is 32.9 Å². The van der Waals surface area contributed by atoms with Crippen LogP contribution in [-0.2, 0) is 20.9 Å². The maximum absolute atomic E-state index is 12.2. The Hall–Kier alpha value is -1.81. The minimum Gasteiger partial charge on any atom is -0.378 e. The number of carbonyl (C=O) groups is 2. The summed E-state index contributed by atoms with van der Waals surface area (Å²) in [4.78, 5) is 31.0. The fraction of sp³-hybridized carbons (Fsp3) is 0.471. The molecule has 1 aliphatic heterocycles. The van der Waals surface area contributed by atoms with E-state index in [1.807, 2.05) is 19.1 Å². The van der Waals surface area contributed by atoms with Gasteiger partial charge in [-0.1, -0.05) is 0 Å². The van der Waals surface area contributed by atoms with Crippen molar-refractivity contribution in [3.8, 4) is 10.6 Å². The fourth-order valence-electron chi connectivity index (χ4n) is 2.64. The summed E-state index contributed by atoms with van der Waals surface area (Å²) in [6, 6.07) is 4.04. The Morgan fingerprint density at radius 1 is 1.38 bits per heavy atom. The molecule has 3 rings (SSSR count). The maximum atomic E-state index is 12.2. The van der Waals surface area contributed by atoms with E-state index in [9.17, 15) is 9.59 Å². The predicted octanol–water partition coefficient (Wildman–Crippen LogP) is 2.13. The number of hydrogen-bond acceptors (Lipinski definition) is 7. The number of rotatable bonds is 6. The molecule has 0 bridgehead atoms. The van der Waals surface area contributed by atoms with Crippen molar-refractivity contribution in [2.24, 2.45) is 0 Å². The molecule has 2 amide bonds. The number of aromatic nitrogens is 1. The molecule has 7 nitrogen and oxygen atoms in total. The SMILES string of the molecule is CC(=O)NCc1ccc(-c2nc(NC(=O)CC3COCCN3)sc2C)s1. The van der Waals surface area contributed by atoms with Gasteiger partial charge in [-0.15, -0.1) is 22.7 Å². The molecule has 2 aromatic rings. The summed E-state index contributed by atoms with van der Waals surface area (Å²) < 4.78 is 5.37. The minimum atomic E-state index is -0.0640. The molecular weight excluding hydrogens is 372 g/mol. The summed E-state index contributed by atoms with van der Waals surface area (Å²) in [6.07, 6.45) is 0.369. The molecular formula is C17H22N4O3S2. The fourth-order valence-corrected chi connectivity index (χ4v) is 4.54. The highest BCUT2D eigenvalue weighted by atomic mass is 32.1. The van der Waals surface area contributed by atoms with E-state index < -0.39 is 0 Å². The summed E-state index contributed by atoms with van der Waals surface area (Å²) >= 11 is 3.06. The second kappa shape index (κ2) is 8.72. The van der Waals surface area contributed by atoms with Gasteiger partial charge in [-0.05, 0) is 19.1 Å². The maximum Gasteiger partial charge on any atom is 0.227 e. The van der Waals surface area contributed by atoms with E-state index in [0.717, 1.165) is 26.9 Å². The van der Waals surface area contributed by atoms with Crippen molar-refractivity contribution in [3.63, 3.8) is 0 Å². The van der Waals surface area contributed by atoms with Crippen LogP contribution in [0.2, 0.25) is 0 Å². The molecule has 2 aromatic heterocycles. The Morgan fingerprint density at radius 2 is 2.23 bits per heavy atom. The van der Waals surface area contributed by atoms with Gasteiger partial charge in [-0.2, -0.15) is 0 Å². The average molecular weight is 395 g/mol. The van der Waals surface area contributed by atoms with Crippen molar-refractivity contribution < 1.29 is 14.3 Å². The zero-order valence-corrected chi connectivity index (χ0v) is 16.4. The Morgan fingerprint density at radius 3 is 2.96 bits per heavy atom. The number of carbonyl (C=O) groups excluding carboxylic acids is 2. The molecule has 1 saturated heterocycles. The Bertz CT molecular complexity index is 781. The third-order valence-electron chi connectivity index (χ3n) is 3.88. The highest BCUT2D eigenvalue weighted by molar-refractivity contribution is 7.18. The number of amides is 2. The van der Waals surface area contributed by atoms with Gasteiger partial charge >= 0.3 is 0 Å². The molecule has 0 radical (unpaired) electrons. The van der Waals surface area contributed by atoms with Gasteiger partial charge in [0.25, 0.3) is 0 Å². The van der Waals surface area contributed by atoms with Crippen LogP contribution < -0.4 is 16.0 Å². The van der Waals surface area contributed by atoms with E-state index in [1.54, 1.807) is 11.3 Å². The highest BCUT2D eigenvalue weighted by Crippen LogP contribution is 2.34. The van der Waals surface area contributed by atoms with E-state index in [-0.39, 0.29) is 17.9 Å². The van der Waals surface area contributed by atoms with Crippen molar-refractivity contribution in [1.82, 2.24) is 15.6 Å². The van der Waals surface area contributed by atoms with E-state index in [1.165, 1.54) is 18.3 Å². The van der Waals surface area contributed by atoms with Crippen molar-refractivity contribution in [2.75, 3.05) is 25.1 Å². The summed E-state index contributed by atoms with van der Waals surface area (Å²) in [5.74, 6) is -0.113. The number of hydrogen-bond donors (Lipinski definition) is 3. The predicted molar refractivity (Wildman–Crippen MR) is 104 cm³/mol. The number of aryl methyl sites for hydroxylation is 1. The number of thiophene rings is 1. The van der Waals surface area contributed by atoms with Gasteiger partial charge in [0.05, 0.1) is 30.3 Å². The second-order valence-corrected chi connectivity index (χ2v) is 8.45. The van der Waals surface area contributed by atoms with Crippen molar-refractivity contribution in [1.29, 1.82) is 0 Å². The largest absolute Gasteiger partial charge is 0.378 e. The van der Waals surface area contributed by atoms with Gasteiger partial charge in [0.15, 0.2) is 5.13 Å². The number of nitrogens with one attached hydrogen (secondary N) is 3. The van der Waals surface area contributed by atoms with Crippen LogP contribution in [0.5, 0.6) is 0 Å². The van der Waals surface area contributed by atoms with Crippen LogP contribution in [0.25, 0.3) is 10.6 Å². The molecule has 1 atom stereocenters. The number of ether oxygens (including phenoxy) is 1. The molecule has 1 aliphatic rings. The Labute approximate surface area is 160 Å². The number of anilines is 1. The van der Waals surface area contributed by atoms with Crippen LogP contribution in [0.4, 0.5) is 5.13 Å². The molecule has 0 saturated carbocycles. The summed E-state index contributed by atoms with van der Waals surface area (Å²) in [5, 5.41) is 9.56. The molecule has 0 spiro atoms. The molecule has 3 heterocycles. The van der Waals surface area contributed by atoms with Gasteiger partial charge in [0.1, 0.15) is 0 Å². The van der Waals surface area contributed by atoms with E-state index in [4.69, 9.17) is 4.74 Å². The minimum absolute atomic E-state index is 0.0485. The first kappa shape index (κ1) is 19.0. The normalized spacial score (nSPS) is 17.1. The van der Waals surface area contributed by atoms with Crippen LogP contribution in [0.3, 0.4) is 0 Å². The first-order valence-corrected chi connectivity index (χ1v) is 10.1. The number of nitrogens with zero attached hydrogens (tertiary/aromatic N) is 1. The van der Waals surface area contributed by atoms with Gasteiger partial charge in [0.2, 0.25) is 11.8 Å². The summed E-state index contributed by atoms with van der Waals surface area (Å²) in [7, 11) is 0. The lowest BCUT2D eigenvalue weighted by molar-refractivity contribution is -0.119. The molecule has 9 heteroatoms. The topological polar surface area (TPSA) is 92.4 Å². The summed E-state index contributed by atoms with van der Waals surface area (Å²) in [6.45, 7) is 6.04. The molecule has 0 aliphatic carbocycles. The Balaban J connectivity index is 1.61. The van der Waals surface area contributed by atoms with E-state index >= 15 is 0 Å². The number of morpholine rings is 1. The molecule has 1 fully saturated rings. The highest BCUT2D eigenvalue weighted by Gasteiger charge is 2.19. The van der Waals surface area contributed by atoms with Crippen LogP contribution >= 0.6 is 22.7 Å². The van der Waals surface area contributed by atoms with Crippen molar-refractivity contribution >= 4 is 39.6 Å². The van der Waals surface area contributed by atoms with Gasteiger partial charge < -0.3 is 20.7 Å². The van der Waals surface area contributed by atoms with Gasteiger partial charge in [-0.3, -0.25) is 9.59 Å². The molecule has 0 aromatic carbocycles. The van der Waals surface area contributed by atoms with E-state index in [2.05, 4.69) is 20.9 Å². The summed E-state index contributed by atoms with van der Waals surface area (Å²) in [5.41, 5.74) is 0.878. The number of thiazole rings is 1. The van der Waals surface area contributed by atoms with Crippen LogP contribution in [0.15, 0.2) is 12.1 Å². The quantitative estimate of drug-likeness (QED) is 0.698. The van der Waals surface area contributed by atoms with Crippen LogP contribution in [-0.4, -0.2) is 42.6 Å². The molecule has 140 valence electrons. The zero-order chi connectivity index (χ0) is 18.5. The van der Waals surface area contributed by atoms with Crippen molar-refractivity contribution in [3.05, 3.63) is 21.9 Å². The lowest BCUT2D eigenvalue weighted by Crippen LogP contribution is -2.43. The van der Waals surface area contributed by atoms with Crippen LogP contribution in [0.1, 0.15) is 23.1 Å². The molecule has 3 N–H and O–H groups in total. The molecule has 26 heavy (non-hydrogen) atoms. The Kier molecular flexibility index (Phi) is 6.36. The van der Waals surface area contributed by atoms with Crippen LogP contribution in [0, 0.1) is 6.92 Å². The lowest BCUT2D eigenvalue weighted by atomic mass is 10.2. The monoisotopic (exact) mass is 394 g/mol. The average Bonchev–Trinajstić information content (AvgIpc) is 3.20. The van der Waals surface area contributed by atoms with Gasteiger partial charge in [-0.25, -0.2) is 4.98 Å². The third-order valence-corrected chi connectivity index (χ3v) is 5.86. The first-order chi connectivity index (χ1) is 12.5. The lowest BCUT2D eigenvalue weighted by Gasteiger charge is -2.22. The molecule has 1 unspecified atom stereocenters. The van der Waals surface area contributed by atoms with Gasteiger partial charge in [0, 0.05) is 35.7 Å². The standard InChI is InChI=1S/C17H22N4O3S2/c1-10-16(14-4-3-13(26-14)8-19-11(2)22)21-17(25-10)20-15(23)7-12-9-24-6-5-18-12/h3-4,12,18H,5-9H2,1-2H3,(H,19,22)(H,20,21,23).